The zero-order chi connectivity index (χ0) is 11.2. The molecular weight excluding hydrogens is 220 g/mol. The molecule has 1 atom stereocenters. The number of ether oxygens (including phenoxy) is 1. The van der Waals surface area contributed by atoms with E-state index in [0.29, 0.717) is 5.05 Å². The molecule has 0 aromatic carbocycles. The van der Waals surface area contributed by atoms with E-state index < -0.39 is 8.80 Å². The fraction of sp³-hybridized carbons (Fsp3) is 0.875. The SMILES string of the molecule is CCC(C(=S)OC)[Si](OC)(OC)OC. The van der Waals surface area contributed by atoms with Crippen LogP contribution >= 0.6 is 12.2 Å². The quantitative estimate of drug-likeness (QED) is 0.519. The van der Waals surface area contributed by atoms with Crippen molar-refractivity contribution in [3.8, 4) is 0 Å². The number of hydrogen-bond donors (Lipinski definition) is 0. The molecule has 0 saturated heterocycles. The zero-order valence-corrected chi connectivity index (χ0v) is 11.1. The predicted molar refractivity (Wildman–Crippen MR) is 60.4 cm³/mol. The van der Waals surface area contributed by atoms with Crippen LogP contribution in [-0.2, 0) is 18.0 Å². The topological polar surface area (TPSA) is 36.9 Å². The summed E-state index contributed by atoms with van der Waals surface area (Å²) in [5, 5.41) is 0.477. The Balaban J connectivity index is 4.83. The van der Waals surface area contributed by atoms with Crippen molar-refractivity contribution in [1.29, 1.82) is 0 Å². The van der Waals surface area contributed by atoms with Crippen LogP contribution < -0.4 is 0 Å². The average molecular weight is 238 g/mol. The van der Waals surface area contributed by atoms with Gasteiger partial charge in [-0.05, 0) is 18.6 Å². The molecule has 0 aromatic heterocycles. The summed E-state index contributed by atoms with van der Waals surface area (Å²) < 4.78 is 21.1. The van der Waals surface area contributed by atoms with Gasteiger partial charge in [-0.1, -0.05) is 6.92 Å². The van der Waals surface area contributed by atoms with Crippen molar-refractivity contribution in [2.45, 2.75) is 18.9 Å². The van der Waals surface area contributed by atoms with Crippen LogP contribution in [0.15, 0.2) is 0 Å². The largest absolute Gasteiger partial charge is 0.512 e. The van der Waals surface area contributed by atoms with Crippen LogP contribution in [0.5, 0.6) is 0 Å². The van der Waals surface area contributed by atoms with Crippen LogP contribution in [0.3, 0.4) is 0 Å². The van der Waals surface area contributed by atoms with E-state index >= 15 is 0 Å². The highest BCUT2D eigenvalue weighted by Crippen LogP contribution is 2.29. The van der Waals surface area contributed by atoms with E-state index in [1.165, 1.54) is 0 Å². The summed E-state index contributed by atoms with van der Waals surface area (Å²) in [6.07, 6.45) is 0.772. The minimum Gasteiger partial charge on any atom is -0.490 e. The molecule has 1 unspecified atom stereocenters. The second-order valence-electron chi connectivity index (χ2n) is 2.70. The van der Waals surface area contributed by atoms with E-state index in [4.69, 9.17) is 30.2 Å². The summed E-state index contributed by atoms with van der Waals surface area (Å²) in [5.41, 5.74) is -0.0949. The predicted octanol–water partition coefficient (Wildman–Crippen LogP) is 1.62. The van der Waals surface area contributed by atoms with Gasteiger partial charge in [-0.15, -0.1) is 0 Å². The molecule has 0 fully saturated rings. The Morgan fingerprint density at radius 1 is 1.14 bits per heavy atom. The number of methoxy groups -OCH3 is 1. The maximum atomic E-state index is 5.34. The van der Waals surface area contributed by atoms with Gasteiger partial charge in [0.15, 0.2) is 5.05 Å². The van der Waals surface area contributed by atoms with E-state index in [1.807, 2.05) is 6.92 Å². The molecule has 84 valence electrons. The highest BCUT2D eigenvalue weighted by Gasteiger charge is 2.49. The third kappa shape index (κ3) is 2.74. The number of hydrogen-bond acceptors (Lipinski definition) is 5. The van der Waals surface area contributed by atoms with Crippen LogP contribution in [0, 0.1) is 0 Å². The molecule has 0 amide bonds. The minimum atomic E-state index is -2.70. The van der Waals surface area contributed by atoms with Crippen molar-refractivity contribution in [1.82, 2.24) is 0 Å². The van der Waals surface area contributed by atoms with Gasteiger partial charge < -0.3 is 18.0 Å². The van der Waals surface area contributed by atoms with E-state index in [0.717, 1.165) is 6.42 Å². The van der Waals surface area contributed by atoms with Crippen molar-refractivity contribution in [3.63, 3.8) is 0 Å². The Kier molecular flexibility index (Phi) is 6.46. The van der Waals surface area contributed by atoms with Gasteiger partial charge in [-0.2, -0.15) is 0 Å². The summed E-state index contributed by atoms with van der Waals surface area (Å²) in [6.45, 7) is 1.99. The molecule has 0 N–H and O–H groups in total. The van der Waals surface area contributed by atoms with Crippen LogP contribution in [-0.4, -0.2) is 42.3 Å². The molecule has 0 bridgehead atoms. The fourth-order valence-corrected chi connectivity index (χ4v) is 4.24. The van der Waals surface area contributed by atoms with Crippen LogP contribution in [0.25, 0.3) is 0 Å². The molecule has 0 rings (SSSR count). The first-order chi connectivity index (χ1) is 6.61. The van der Waals surface area contributed by atoms with Gasteiger partial charge in [-0.25, -0.2) is 0 Å². The fourth-order valence-electron chi connectivity index (χ4n) is 1.38. The Bertz CT molecular complexity index is 176. The first-order valence-corrected chi connectivity index (χ1v) is 6.56. The second-order valence-corrected chi connectivity index (χ2v) is 6.23. The second kappa shape index (κ2) is 6.47. The molecule has 4 nitrogen and oxygen atoms in total. The first kappa shape index (κ1) is 14.0. The molecule has 0 aliphatic carbocycles. The summed E-state index contributed by atoms with van der Waals surface area (Å²) in [7, 11) is 3.56. The van der Waals surface area contributed by atoms with Crippen molar-refractivity contribution >= 4 is 26.1 Å². The highest BCUT2D eigenvalue weighted by atomic mass is 32.1. The minimum absolute atomic E-state index is 0.0949. The molecule has 0 radical (unpaired) electrons. The molecule has 0 aliphatic rings. The Labute approximate surface area is 91.9 Å². The van der Waals surface area contributed by atoms with Crippen molar-refractivity contribution in [3.05, 3.63) is 0 Å². The Morgan fingerprint density at radius 2 is 1.57 bits per heavy atom. The van der Waals surface area contributed by atoms with Crippen LogP contribution in [0.2, 0.25) is 5.54 Å². The van der Waals surface area contributed by atoms with Crippen LogP contribution in [0.1, 0.15) is 13.3 Å². The van der Waals surface area contributed by atoms with E-state index in [1.54, 1.807) is 28.4 Å². The van der Waals surface area contributed by atoms with Gasteiger partial charge in [0.1, 0.15) is 0 Å². The van der Waals surface area contributed by atoms with Gasteiger partial charge in [0.05, 0.1) is 12.7 Å². The summed E-state index contributed by atoms with van der Waals surface area (Å²) in [6, 6.07) is 0. The standard InChI is InChI=1S/C8H18O4SSi/c1-6-7(8(13)9-2)14(10-3,11-4)12-5/h7H,6H2,1-5H3. The smallest absolute Gasteiger partial charge is 0.490 e. The lowest BCUT2D eigenvalue weighted by Crippen LogP contribution is -2.50. The normalized spacial score (nSPS) is 13.8. The maximum Gasteiger partial charge on any atom is 0.512 e. The van der Waals surface area contributed by atoms with E-state index in [2.05, 4.69) is 0 Å². The third-order valence-electron chi connectivity index (χ3n) is 2.17. The molecule has 0 spiro atoms. The summed E-state index contributed by atoms with van der Waals surface area (Å²) in [4.78, 5) is 0. The molecule has 0 aliphatic heterocycles. The lowest BCUT2D eigenvalue weighted by molar-refractivity contribution is 0.115. The molecule has 0 heterocycles. The lowest BCUT2D eigenvalue weighted by atomic mass is 10.3. The zero-order valence-electron chi connectivity index (χ0n) is 9.33. The first-order valence-electron chi connectivity index (χ1n) is 4.35. The van der Waals surface area contributed by atoms with Gasteiger partial charge >= 0.3 is 8.80 Å². The van der Waals surface area contributed by atoms with Gasteiger partial charge in [0, 0.05) is 21.3 Å². The average Bonchev–Trinajstić information content (AvgIpc) is 2.25. The summed E-state index contributed by atoms with van der Waals surface area (Å²) >= 11 is 5.10. The van der Waals surface area contributed by atoms with Gasteiger partial charge in [0.25, 0.3) is 0 Å². The van der Waals surface area contributed by atoms with Gasteiger partial charge in [0.2, 0.25) is 0 Å². The molecule has 0 aromatic rings. The Morgan fingerprint density at radius 3 is 1.79 bits per heavy atom. The molecule has 6 heteroatoms. The third-order valence-corrected chi connectivity index (χ3v) is 6.07. The highest BCUT2D eigenvalue weighted by molar-refractivity contribution is 7.80. The molecule has 14 heavy (non-hydrogen) atoms. The number of thiocarbonyl (C=S) groups is 1. The molecular formula is C8H18O4SSi. The van der Waals surface area contributed by atoms with Crippen LogP contribution in [0.4, 0.5) is 0 Å². The lowest BCUT2D eigenvalue weighted by Gasteiger charge is -2.31. The summed E-state index contributed by atoms with van der Waals surface area (Å²) in [5.74, 6) is 0. The monoisotopic (exact) mass is 238 g/mol. The van der Waals surface area contributed by atoms with Gasteiger partial charge in [-0.3, -0.25) is 0 Å². The molecule has 0 saturated carbocycles. The maximum absolute atomic E-state index is 5.34. The van der Waals surface area contributed by atoms with E-state index in [9.17, 15) is 0 Å². The number of rotatable bonds is 6. The Hall–Kier alpha value is -0.0131. The van der Waals surface area contributed by atoms with Crippen molar-refractivity contribution < 1.29 is 18.0 Å². The van der Waals surface area contributed by atoms with Crippen molar-refractivity contribution in [2.75, 3.05) is 28.4 Å². The van der Waals surface area contributed by atoms with E-state index in [-0.39, 0.29) is 5.54 Å². The van der Waals surface area contributed by atoms with Crippen molar-refractivity contribution in [2.24, 2.45) is 0 Å².